The molecule has 0 saturated carbocycles. The Bertz CT molecular complexity index is 1060. The topological polar surface area (TPSA) is 85.5 Å². The molecule has 0 radical (unpaired) electrons. The lowest BCUT2D eigenvalue weighted by molar-refractivity contribution is 0.290. The van der Waals surface area contributed by atoms with Crippen molar-refractivity contribution in [1.29, 1.82) is 0 Å². The van der Waals surface area contributed by atoms with Crippen molar-refractivity contribution in [3.05, 3.63) is 46.7 Å². The second-order valence-corrected chi connectivity index (χ2v) is 9.12. The zero-order valence-electron chi connectivity index (χ0n) is 15.0. The molecule has 10 heteroatoms. The average Bonchev–Trinajstić information content (AvgIpc) is 3.40. The monoisotopic (exact) mass is 423 g/mol. The maximum absolute atomic E-state index is 13.6. The Morgan fingerprint density at radius 2 is 2.04 bits per heavy atom. The van der Waals surface area contributed by atoms with Crippen LogP contribution in [0.25, 0.3) is 11.5 Å². The van der Waals surface area contributed by atoms with Crippen molar-refractivity contribution in [2.45, 2.75) is 23.7 Å². The number of benzene rings is 1. The van der Waals surface area contributed by atoms with Gasteiger partial charge in [-0.3, -0.25) is 0 Å². The Balaban J connectivity index is 1.49. The van der Waals surface area contributed by atoms with Crippen LogP contribution in [0, 0.1) is 5.82 Å². The predicted octanol–water partition coefficient (Wildman–Crippen LogP) is 3.51. The molecule has 2 aromatic heterocycles. The Hall–Kier alpha value is -2.30. The Morgan fingerprint density at radius 1 is 1.25 bits per heavy atom. The third kappa shape index (κ3) is 3.54. The van der Waals surface area contributed by atoms with Crippen molar-refractivity contribution in [3.8, 4) is 17.2 Å². The van der Waals surface area contributed by atoms with Crippen LogP contribution in [0.3, 0.4) is 0 Å². The van der Waals surface area contributed by atoms with Gasteiger partial charge in [0.15, 0.2) is 0 Å². The Morgan fingerprint density at radius 3 is 2.71 bits per heavy atom. The summed E-state index contributed by atoms with van der Waals surface area (Å²) in [4.78, 5) is -0.161. The first-order valence-electron chi connectivity index (χ1n) is 8.68. The molecular formula is C18H18FN3O4S2. The quantitative estimate of drug-likeness (QED) is 0.624. The fraction of sp³-hybridized carbons (Fsp3) is 0.333. The lowest BCUT2D eigenvalue weighted by Crippen LogP contribution is -2.38. The van der Waals surface area contributed by atoms with Gasteiger partial charge in [-0.25, -0.2) is 12.8 Å². The number of ether oxygens (including phenoxy) is 1. The molecule has 0 N–H and O–H groups in total. The first kappa shape index (κ1) is 19.0. The summed E-state index contributed by atoms with van der Waals surface area (Å²) in [7, 11) is -2.50. The molecular weight excluding hydrogens is 405 g/mol. The lowest BCUT2D eigenvalue weighted by atomic mass is 9.98. The second kappa shape index (κ2) is 7.61. The van der Waals surface area contributed by atoms with E-state index < -0.39 is 15.8 Å². The molecule has 1 aliphatic rings. The summed E-state index contributed by atoms with van der Waals surface area (Å²) in [5, 5.41) is 12.1. The Labute approximate surface area is 165 Å². The number of nitrogens with zero attached hydrogens (tertiary/aromatic N) is 3. The third-order valence-electron chi connectivity index (χ3n) is 4.76. The zero-order chi connectivity index (χ0) is 19.7. The van der Waals surface area contributed by atoms with Gasteiger partial charge in [0.25, 0.3) is 0 Å². The van der Waals surface area contributed by atoms with Gasteiger partial charge in [-0.15, -0.1) is 10.2 Å². The maximum Gasteiger partial charge on any atom is 0.248 e. The molecule has 0 aliphatic carbocycles. The molecule has 1 aliphatic heterocycles. The molecule has 1 saturated heterocycles. The van der Waals surface area contributed by atoms with E-state index in [1.54, 1.807) is 11.3 Å². The first-order chi connectivity index (χ1) is 13.5. The highest BCUT2D eigenvalue weighted by Crippen LogP contribution is 2.34. The van der Waals surface area contributed by atoms with Crippen LogP contribution >= 0.6 is 11.3 Å². The minimum Gasteiger partial charge on any atom is -0.495 e. The number of methoxy groups -OCH3 is 1. The van der Waals surface area contributed by atoms with E-state index in [-0.39, 0.29) is 29.7 Å². The molecule has 0 spiro atoms. The van der Waals surface area contributed by atoms with Crippen LogP contribution in [0.1, 0.15) is 24.7 Å². The van der Waals surface area contributed by atoms with Crippen LogP contribution in [-0.2, 0) is 10.0 Å². The number of sulfonamides is 1. The molecule has 3 aromatic rings. The molecule has 0 atom stereocenters. The molecule has 148 valence electrons. The first-order valence-corrected chi connectivity index (χ1v) is 11.1. The summed E-state index contributed by atoms with van der Waals surface area (Å²) in [5.74, 6) is 0.472. The number of hydrogen-bond acceptors (Lipinski definition) is 7. The second-order valence-electron chi connectivity index (χ2n) is 6.43. The number of hydrogen-bond donors (Lipinski definition) is 0. The van der Waals surface area contributed by atoms with E-state index in [0.717, 1.165) is 11.6 Å². The number of rotatable bonds is 5. The highest BCUT2D eigenvalue weighted by atomic mass is 32.2. The van der Waals surface area contributed by atoms with Gasteiger partial charge < -0.3 is 9.15 Å². The molecule has 28 heavy (non-hydrogen) atoms. The van der Waals surface area contributed by atoms with E-state index >= 15 is 0 Å². The smallest absolute Gasteiger partial charge is 0.248 e. The lowest BCUT2D eigenvalue weighted by Gasteiger charge is -2.30. The highest BCUT2D eigenvalue weighted by Gasteiger charge is 2.34. The van der Waals surface area contributed by atoms with Gasteiger partial charge in [-0.05, 0) is 42.5 Å². The minimum absolute atomic E-state index is 0.0132. The van der Waals surface area contributed by atoms with Crippen molar-refractivity contribution in [3.63, 3.8) is 0 Å². The molecule has 1 aromatic carbocycles. The van der Waals surface area contributed by atoms with E-state index in [1.807, 2.05) is 16.8 Å². The zero-order valence-corrected chi connectivity index (χ0v) is 16.7. The Kier molecular flexibility index (Phi) is 5.17. The van der Waals surface area contributed by atoms with Gasteiger partial charge in [0.1, 0.15) is 16.5 Å². The summed E-state index contributed by atoms with van der Waals surface area (Å²) < 4.78 is 51.7. The minimum atomic E-state index is -3.86. The van der Waals surface area contributed by atoms with Gasteiger partial charge in [0.2, 0.25) is 21.8 Å². The van der Waals surface area contributed by atoms with Crippen molar-refractivity contribution in [2.75, 3.05) is 20.2 Å². The van der Waals surface area contributed by atoms with Crippen molar-refractivity contribution in [1.82, 2.24) is 14.5 Å². The maximum atomic E-state index is 13.6. The van der Waals surface area contributed by atoms with Gasteiger partial charge in [0.05, 0.1) is 7.11 Å². The third-order valence-corrected chi connectivity index (χ3v) is 7.36. The van der Waals surface area contributed by atoms with Crippen molar-refractivity contribution in [2.24, 2.45) is 0 Å². The standard InChI is InChI=1S/C18H18FN3O4S2/c1-25-15-3-2-14(19)10-16(15)28(23,24)22-7-4-12(5-8-22)17-20-21-18(26-17)13-6-9-27-11-13/h2-3,6,9-12H,4-5,7-8H2,1H3. The number of piperidine rings is 1. The molecule has 3 heterocycles. The summed E-state index contributed by atoms with van der Waals surface area (Å²) in [6.07, 6.45) is 1.09. The van der Waals surface area contributed by atoms with E-state index in [2.05, 4.69) is 10.2 Å². The summed E-state index contributed by atoms with van der Waals surface area (Å²) in [6, 6.07) is 5.39. The molecule has 1 fully saturated rings. The number of aromatic nitrogens is 2. The van der Waals surface area contributed by atoms with Crippen molar-refractivity contribution >= 4 is 21.4 Å². The fourth-order valence-electron chi connectivity index (χ4n) is 3.24. The van der Waals surface area contributed by atoms with Gasteiger partial charge in [-0.2, -0.15) is 15.6 Å². The highest BCUT2D eigenvalue weighted by molar-refractivity contribution is 7.89. The molecule has 0 bridgehead atoms. The van der Waals surface area contributed by atoms with E-state index in [0.29, 0.717) is 24.6 Å². The normalized spacial score (nSPS) is 16.4. The van der Waals surface area contributed by atoms with Crippen molar-refractivity contribution < 1.29 is 22.0 Å². The largest absolute Gasteiger partial charge is 0.495 e. The molecule has 0 unspecified atom stereocenters. The van der Waals surface area contributed by atoms with Crippen LogP contribution in [0.15, 0.2) is 44.3 Å². The van der Waals surface area contributed by atoms with E-state index in [4.69, 9.17) is 9.15 Å². The van der Waals surface area contributed by atoms with Gasteiger partial charge >= 0.3 is 0 Å². The van der Waals surface area contributed by atoms with Crippen LogP contribution in [0.2, 0.25) is 0 Å². The number of thiophene rings is 1. The summed E-state index contributed by atoms with van der Waals surface area (Å²) in [5.41, 5.74) is 0.877. The van der Waals surface area contributed by atoms with Crippen LogP contribution in [0.5, 0.6) is 5.75 Å². The molecule has 0 amide bonds. The van der Waals surface area contributed by atoms with E-state index in [9.17, 15) is 12.8 Å². The van der Waals surface area contributed by atoms with Gasteiger partial charge in [0, 0.05) is 30.0 Å². The average molecular weight is 423 g/mol. The summed E-state index contributed by atoms with van der Waals surface area (Å²) in [6.45, 7) is 0.561. The molecule has 4 rings (SSSR count). The van der Waals surface area contributed by atoms with Gasteiger partial charge in [-0.1, -0.05) is 0 Å². The molecule has 7 nitrogen and oxygen atoms in total. The fourth-order valence-corrected chi connectivity index (χ4v) is 5.50. The number of halogens is 1. The van der Waals surface area contributed by atoms with Crippen LogP contribution < -0.4 is 4.74 Å². The summed E-state index contributed by atoms with van der Waals surface area (Å²) >= 11 is 1.55. The van der Waals surface area contributed by atoms with E-state index in [1.165, 1.54) is 23.5 Å². The SMILES string of the molecule is COc1ccc(F)cc1S(=O)(=O)N1CCC(c2nnc(-c3ccsc3)o2)CC1. The predicted molar refractivity (Wildman–Crippen MR) is 101 cm³/mol. The van der Waals surface area contributed by atoms with Crippen LogP contribution in [-0.4, -0.2) is 43.1 Å². The van der Waals surface area contributed by atoms with Crippen LogP contribution in [0.4, 0.5) is 4.39 Å².